The fraction of sp³-hybridized carbons (Fsp3) is 0.947. The fourth-order valence-electron chi connectivity index (χ4n) is 2.48. The SMILES string of the molecule is CC(C)CCCN(C)C(=O)CCCCCCCN(C)C(C)C. The lowest BCUT2D eigenvalue weighted by atomic mass is 10.1. The lowest BCUT2D eigenvalue weighted by molar-refractivity contribution is -0.130. The van der Waals surface area contributed by atoms with Gasteiger partial charge in [-0.2, -0.15) is 0 Å². The summed E-state index contributed by atoms with van der Waals surface area (Å²) in [4.78, 5) is 16.3. The predicted molar refractivity (Wildman–Crippen MR) is 97.2 cm³/mol. The Balaban J connectivity index is 3.48. The van der Waals surface area contributed by atoms with Gasteiger partial charge in [-0.05, 0) is 59.0 Å². The first kappa shape index (κ1) is 21.4. The third-order valence-corrected chi connectivity index (χ3v) is 4.48. The van der Waals surface area contributed by atoms with E-state index >= 15 is 0 Å². The van der Waals surface area contributed by atoms with Crippen molar-refractivity contribution in [3.63, 3.8) is 0 Å². The number of rotatable bonds is 13. The topological polar surface area (TPSA) is 23.6 Å². The molecule has 0 aromatic rings. The molecule has 0 spiro atoms. The molecular weight excluding hydrogens is 272 g/mol. The van der Waals surface area contributed by atoms with Gasteiger partial charge in [0.2, 0.25) is 5.91 Å². The molecule has 0 unspecified atom stereocenters. The van der Waals surface area contributed by atoms with Gasteiger partial charge in [0.25, 0.3) is 0 Å². The molecule has 0 saturated carbocycles. The monoisotopic (exact) mass is 312 g/mol. The average Bonchev–Trinajstić information content (AvgIpc) is 2.44. The average molecular weight is 313 g/mol. The van der Waals surface area contributed by atoms with Gasteiger partial charge in [-0.1, -0.05) is 33.1 Å². The first-order valence-corrected chi connectivity index (χ1v) is 9.28. The highest BCUT2D eigenvalue weighted by atomic mass is 16.2. The molecular formula is C19H40N2O. The van der Waals surface area contributed by atoms with Crippen LogP contribution >= 0.6 is 0 Å². The number of carbonyl (C=O) groups excluding carboxylic acids is 1. The van der Waals surface area contributed by atoms with Crippen LogP contribution in [0.1, 0.15) is 79.1 Å². The molecule has 22 heavy (non-hydrogen) atoms. The second-order valence-corrected chi connectivity index (χ2v) is 7.44. The minimum atomic E-state index is 0.322. The minimum Gasteiger partial charge on any atom is -0.346 e. The number of nitrogens with zero attached hydrogens (tertiary/aromatic N) is 2. The van der Waals surface area contributed by atoms with Crippen LogP contribution in [0, 0.1) is 5.92 Å². The van der Waals surface area contributed by atoms with Crippen molar-refractivity contribution in [3.05, 3.63) is 0 Å². The molecule has 0 aliphatic rings. The van der Waals surface area contributed by atoms with E-state index in [1.165, 1.54) is 38.6 Å². The normalized spacial score (nSPS) is 11.7. The zero-order valence-corrected chi connectivity index (χ0v) is 16.0. The van der Waals surface area contributed by atoms with Crippen molar-refractivity contribution in [3.8, 4) is 0 Å². The molecule has 3 nitrogen and oxygen atoms in total. The first-order chi connectivity index (χ1) is 10.3. The Morgan fingerprint density at radius 3 is 2.00 bits per heavy atom. The van der Waals surface area contributed by atoms with Gasteiger partial charge in [0, 0.05) is 26.1 Å². The van der Waals surface area contributed by atoms with Crippen molar-refractivity contribution in [2.24, 2.45) is 5.92 Å². The summed E-state index contributed by atoms with van der Waals surface area (Å²) in [6, 6.07) is 0.642. The van der Waals surface area contributed by atoms with Crippen LogP contribution < -0.4 is 0 Å². The van der Waals surface area contributed by atoms with Crippen molar-refractivity contribution in [1.29, 1.82) is 0 Å². The van der Waals surface area contributed by atoms with Crippen LogP contribution in [0.2, 0.25) is 0 Å². The summed E-state index contributed by atoms with van der Waals surface area (Å²) in [6.45, 7) is 11.1. The summed E-state index contributed by atoms with van der Waals surface area (Å²) < 4.78 is 0. The van der Waals surface area contributed by atoms with Gasteiger partial charge in [0.05, 0.1) is 0 Å². The van der Waals surface area contributed by atoms with Crippen LogP contribution in [-0.2, 0) is 4.79 Å². The van der Waals surface area contributed by atoms with Crippen LogP contribution in [0.3, 0.4) is 0 Å². The first-order valence-electron chi connectivity index (χ1n) is 9.28. The van der Waals surface area contributed by atoms with Gasteiger partial charge in [-0.25, -0.2) is 0 Å². The van der Waals surface area contributed by atoms with Gasteiger partial charge in [-0.15, -0.1) is 0 Å². The van der Waals surface area contributed by atoms with E-state index in [0.717, 1.165) is 31.7 Å². The maximum atomic E-state index is 12.0. The molecule has 132 valence electrons. The van der Waals surface area contributed by atoms with Gasteiger partial charge >= 0.3 is 0 Å². The maximum Gasteiger partial charge on any atom is 0.222 e. The number of carbonyl (C=O) groups is 1. The van der Waals surface area contributed by atoms with E-state index in [0.29, 0.717) is 11.9 Å². The van der Waals surface area contributed by atoms with Crippen LogP contribution in [0.5, 0.6) is 0 Å². The van der Waals surface area contributed by atoms with Crippen LogP contribution in [0.15, 0.2) is 0 Å². The standard InChI is InChI=1S/C19H40N2O/c1-17(2)13-12-16-21(6)19(22)14-10-8-7-9-11-15-20(5)18(3)4/h17-18H,7-16H2,1-6H3. The van der Waals surface area contributed by atoms with Gasteiger partial charge in [-0.3, -0.25) is 4.79 Å². The van der Waals surface area contributed by atoms with Crippen molar-refractivity contribution >= 4 is 5.91 Å². The molecule has 0 saturated heterocycles. The second-order valence-electron chi connectivity index (χ2n) is 7.44. The molecule has 0 heterocycles. The third-order valence-electron chi connectivity index (χ3n) is 4.48. The Kier molecular flexibility index (Phi) is 12.6. The zero-order valence-electron chi connectivity index (χ0n) is 16.0. The van der Waals surface area contributed by atoms with Crippen LogP contribution in [-0.4, -0.2) is 48.9 Å². The van der Waals surface area contributed by atoms with Crippen molar-refractivity contribution < 1.29 is 4.79 Å². The molecule has 3 heteroatoms. The summed E-state index contributed by atoms with van der Waals surface area (Å²) in [7, 11) is 4.14. The molecule has 0 radical (unpaired) electrons. The summed E-state index contributed by atoms with van der Waals surface area (Å²) in [6.07, 6.45) is 9.13. The fourth-order valence-corrected chi connectivity index (χ4v) is 2.48. The number of hydrogen-bond donors (Lipinski definition) is 0. The summed E-state index contributed by atoms with van der Waals surface area (Å²) in [5.41, 5.74) is 0. The second kappa shape index (κ2) is 12.9. The molecule has 0 bridgehead atoms. The van der Waals surface area contributed by atoms with E-state index in [9.17, 15) is 4.79 Å². The van der Waals surface area contributed by atoms with Crippen molar-refractivity contribution in [2.45, 2.75) is 85.1 Å². The van der Waals surface area contributed by atoms with Gasteiger partial charge < -0.3 is 9.80 Å². The Bertz CT molecular complexity index is 277. The predicted octanol–water partition coefficient (Wildman–Crippen LogP) is 4.56. The lowest BCUT2D eigenvalue weighted by Gasteiger charge is -2.20. The Morgan fingerprint density at radius 2 is 1.41 bits per heavy atom. The quantitative estimate of drug-likeness (QED) is 0.465. The van der Waals surface area contributed by atoms with E-state index in [1.54, 1.807) is 0 Å². The molecule has 0 N–H and O–H groups in total. The molecule has 1 amide bonds. The van der Waals surface area contributed by atoms with E-state index in [-0.39, 0.29) is 0 Å². The molecule has 0 atom stereocenters. The Morgan fingerprint density at radius 1 is 0.818 bits per heavy atom. The van der Waals surface area contributed by atoms with Gasteiger partial charge in [0.1, 0.15) is 0 Å². The lowest BCUT2D eigenvalue weighted by Crippen LogP contribution is -2.27. The van der Waals surface area contributed by atoms with E-state index in [4.69, 9.17) is 0 Å². The highest BCUT2D eigenvalue weighted by Crippen LogP contribution is 2.09. The molecule has 0 aliphatic heterocycles. The molecule has 0 aromatic carbocycles. The molecule has 0 rings (SSSR count). The van der Waals surface area contributed by atoms with E-state index < -0.39 is 0 Å². The van der Waals surface area contributed by atoms with Crippen LogP contribution in [0.25, 0.3) is 0 Å². The maximum absolute atomic E-state index is 12.0. The molecule has 0 aromatic heterocycles. The van der Waals surface area contributed by atoms with Crippen molar-refractivity contribution in [2.75, 3.05) is 27.2 Å². The van der Waals surface area contributed by atoms with Crippen molar-refractivity contribution in [1.82, 2.24) is 9.80 Å². The summed E-state index contributed by atoms with van der Waals surface area (Å²) >= 11 is 0. The van der Waals surface area contributed by atoms with Gasteiger partial charge in [0.15, 0.2) is 0 Å². The number of amides is 1. The third kappa shape index (κ3) is 12.0. The van der Waals surface area contributed by atoms with E-state index in [1.807, 2.05) is 11.9 Å². The zero-order chi connectivity index (χ0) is 17.0. The summed E-state index contributed by atoms with van der Waals surface area (Å²) in [5.74, 6) is 1.06. The largest absolute Gasteiger partial charge is 0.346 e. The summed E-state index contributed by atoms with van der Waals surface area (Å²) in [5, 5.41) is 0. The smallest absolute Gasteiger partial charge is 0.222 e. The number of hydrogen-bond acceptors (Lipinski definition) is 2. The highest BCUT2D eigenvalue weighted by molar-refractivity contribution is 5.75. The molecule has 0 aliphatic carbocycles. The minimum absolute atomic E-state index is 0.322. The van der Waals surface area contributed by atoms with Crippen LogP contribution in [0.4, 0.5) is 0 Å². The molecule has 0 fully saturated rings. The van der Waals surface area contributed by atoms with E-state index in [2.05, 4.69) is 39.6 Å². The Labute approximate surface area is 139 Å². The number of unbranched alkanes of at least 4 members (excludes halogenated alkanes) is 4. The highest BCUT2D eigenvalue weighted by Gasteiger charge is 2.08. The Hall–Kier alpha value is -0.570.